The molecule has 1 aromatic heterocycles. The van der Waals surface area contributed by atoms with Gasteiger partial charge in [0.2, 0.25) is 15.9 Å². The van der Waals surface area contributed by atoms with Crippen LogP contribution in [0.1, 0.15) is 12.8 Å². The molecule has 0 spiro atoms. The standard InChI is InChI=1S/C23H25FN4O5S/c24-18-5-1-2-6-20(18)26-10-12-27(13-11-26)22(29)16-4-3-9-28(15-16)34(31,32)17-7-8-19-21(14-17)33-23(30)25-19/h1-2,5-8,14,16H,3-4,9-13,15H2,(H,25,30)/t16-/m1/s1. The van der Waals surface area contributed by atoms with Gasteiger partial charge in [0.15, 0.2) is 5.58 Å². The molecule has 1 amide bonds. The number of anilines is 1. The molecule has 0 radical (unpaired) electrons. The second-order valence-electron chi connectivity index (χ2n) is 8.64. The van der Waals surface area contributed by atoms with E-state index in [4.69, 9.17) is 4.42 Å². The molecule has 0 aliphatic carbocycles. The molecule has 2 saturated heterocycles. The molecule has 1 N–H and O–H groups in total. The van der Waals surface area contributed by atoms with Gasteiger partial charge >= 0.3 is 5.76 Å². The maximum absolute atomic E-state index is 14.1. The number of nitrogens with zero attached hydrogens (tertiary/aromatic N) is 3. The Balaban J connectivity index is 1.26. The van der Waals surface area contributed by atoms with Gasteiger partial charge in [-0.25, -0.2) is 17.6 Å². The fourth-order valence-corrected chi connectivity index (χ4v) is 6.27. The lowest BCUT2D eigenvalue weighted by atomic mass is 9.97. The van der Waals surface area contributed by atoms with Crippen LogP contribution in [0.25, 0.3) is 11.1 Å². The summed E-state index contributed by atoms with van der Waals surface area (Å²) in [5.74, 6) is -1.44. The van der Waals surface area contributed by atoms with Gasteiger partial charge in [0.05, 0.1) is 22.0 Å². The monoisotopic (exact) mass is 488 g/mol. The van der Waals surface area contributed by atoms with Gasteiger partial charge < -0.3 is 14.2 Å². The van der Waals surface area contributed by atoms with E-state index >= 15 is 0 Å². The van der Waals surface area contributed by atoms with Crippen molar-refractivity contribution in [3.8, 4) is 0 Å². The smallest absolute Gasteiger partial charge is 0.408 e. The first-order chi connectivity index (χ1) is 16.3. The summed E-state index contributed by atoms with van der Waals surface area (Å²) < 4.78 is 46.9. The number of nitrogens with one attached hydrogen (secondary N) is 1. The van der Waals surface area contributed by atoms with Crippen molar-refractivity contribution < 1.29 is 22.0 Å². The Kier molecular flexibility index (Phi) is 5.90. The summed E-state index contributed by atoms with van der Waals surface area (Å²) in [5, 5.41) is 0. The maximum atomic E-state index is 14.1. The number of aromatic nitrogens is 1. The molecule has 0 unspecified atom stereocenters. The predicted molar refractivity (Wildman–Crippen MR) is 124 cm³/mol. The average Bonchev–Trinajstić information content (AvgIpc) is 3.23. The van der Waals surface area contributed by atoms with Crippen LogP contribution in [0.15, 0.2) is 56.6 Å². The molecule has 2 fully saturated rings. The number of oxazole rings is 1. The predicted octanol–water partition coefficient (Wildman–Crippen LogP) is 2.01. The van der Waals surface area contributed by atoms with Crippen LogP contribution in [0.5, 0.6) is 0 Å². The third-order valence-electron chi connectivity index (χ3n) is 6.55. The number of benzene rings is 2. The van der Waals surface area contributed by atoms with Gasteiger partial charge in [-0.15, -0.1) is 0 Å². The van der Waals surface area contributed by atoms with Crippen molar-refractivity contribution in [1.82, 2.24) is 14.2 Å². The Morgan fingerprint density at radius 3 is 2.59 bits per heavy atom. The Hall–Kier alpha value is -3.18. The SMILES string of the molecule is O=C([C@@H]1CCCN(S(=O)(=O)c2ccc3[nH]c(=O)oc3c2)C1)N1CCN(c2ccccc2F)CC1. The number of hydrogen-bond acceptors (Lipinski definition) is 6. The second kappa shape index (κ2) is 8.88. The van der Waals surface area contributed by atoms with Crippen LogP contribution in [0.4, 0.5) is 10.1 Å². The first kappa shape index (κ1) is 22.6. The van der Waals surface area contributed by atoms with E-state index in [-0.39, 0.29) is 28.7 Å². The highest BCUT2D eigenvalue weighted by Gasteiger charge is 2.36. The lowest BCUT2D eigenvalue weighted by Gasteiger charge is -2.39. The van der Waals surface area contributed by atoms with Gasteiger partial charge in [0, 0.05) is 45.3 Å². The van der Waals surface area contributed by atoms with Crippen LogP contribution in [0, 0.1) is 11.7 Å². The summed E-state index contributed by atoms with van der Waals surface area (Å²) in [6.45, 7) is 2.37. The van der Waals surface area contributed by atoms with E-state index in [0.29, 0.717) is 56.8 Å². The zero-order chi connectivity index (χ0) is 23.9. The highest BCUT2D eigenvalue weighted by atomic mass is 32.2. The Bertz CT molecular complexity index is 1380. The first-order valence-electron chi connectivity index (χ1n) is 11.2. The molecule has 0 saturated carbocycles. The number of rotatable bonds is 4. The molecule has 3 aromatic rings. The van der Waals surface area contributed by atoms with Crippen molar-refractivity contribution in [2.75, 3.05) is 44.2 Å². The lowest BCUT2D eigenvalue weighted by Crippen LogP contribution is -2.53. The third kappa shape index (κ3) is 4.21. The summed E-state index contributed by atoms with van der Waals surface area (Å²) in [4.78, 5) is 30.8. The number of piperazine rings is 1. The van der Waals surface area contributed by atoms with E-state index in [1.165, 1.54) is 28.6 Å². The molecule has 5 rings (SSSR count). The average molecular weight is 489 g/mol. The van der Waals surface area contributed by atoms with Crippen molar-refractivity contribution >= 4 is 32.7 Å². The minimum Gasteiger partial charge on any atom is -0.408 e. The minimum absolute atomic E-state index is 0.0225. The Morgan fingerprint density at radius 2 is 1.82 bits per heavy atom. The van der Waals surface area contributed by atoms with Crippen LogP contribution >= 0.6 is 0 Å². The highest BCUT2D eigenvalue weighted by Crippen LogP contribution is 2.27. The van der Waals surface area contributed by atoms with Crippen molar-refractivity contribution in [3.63, 3.8) is 0 Å². The summed E-state index contributed by atoms with van der Waals surface area (Å²) in [7, 11) is -3.85. The summed E-state index contributed by atoms with van der Waals surface area (Å²) >= 11 is 0. The number of H-pyrrole nitrogens is 1. The van der Waals surface area contributed by atoms with E-state index in [9.17, 15) is 22.4 Å². The van der Waals surface area contributed by atoms with Gasteiger partial charge in [-0.1, -0.05) is 12.1 Å². The van der Waals surface area contributed by atoms with Crippen LogP contribution in [-0.4, -0.2) is 67.8 Å². The van der Waals surface area contributed by atoms with Crippen LogP contribution < -0.4 is 10.7 Å². The van der Waals surface area contributed by atoms with E-state index in [1.54, 1.807) is 23.1 Å². The molecule has 0 bridgehead atoms. The molecule has 9 nitrogen and oxygen atoms in total. The Labute approximate surface area is 195 Å². The van der Waals surface area contributed by atoms with E-state index in [0.717, 1.165) is 0 Å². The third-order valence-corrected chi connectivity index (χ3v) is 8.41. The Morgan fingerprint density at radius 1 is 1.06 bits per heavy atom. The molecule has 2 aromatic carbocycles. The summed E-state index contributed by atoms with van der Waals surface area (Å²) in [5.41, 5.74) is 1.12. The number of sulfonamides is 1. The lowest BCUT2D eigenvalue weighted by molar-refractivity contribution is -0.137. The number of halogens is 1. The number of para-hydroxylation sites is 1. The number of carbonyl (C=O) groups is 1. The zero-order valence-electron chi connectivity index (χ0n) is 18.4. The van der Waals surface area contributed by atoms with Crippen molar-refractivity contribution in [1.29, 1.82) is 0 Å². The molecule has 2 aliphatic rings. The molecule has 180 valence electrons. The van der Waals surface area contributed by atoms with Crippen LogP contribution in [0.2, 0.25) is 0 Å². The van der Waals surface area contributed by atoms with E-state index in [2.05, 4.69) is 4.98 Å². The number of piperidine rings is 1. The van der Waals surface area contributed by atoms with Gasteiger partial charge in [-0.05, 0) is 37.1 Å². The number of aromatic amines is 1. The number of fused-ring (bicyclic) bond motifs is 1. The number of amides is 1. The van der Waals surface area contributed by atoms with Gasteiger partial charge in [0.25, 0.3) is 0 Å². The first-order valence-corrected chi connectivity index (χ1v) is 12.7. The highest BCUT2D eigenvalue weighted by molar-refractivity contribution is 7.89. The normalized spacial score (nSPS) is 20.1. The maximum Gasteiger partial charge on any atom is 0.417 e. The fourth-order valence-electron chi connectivity index (χ4n) is 4.73. The minimum atomic E-state index is -3.85. The van der Waals surface area contributed by atoms with E-state index in [1.807, 2.05) is 4.90 Å². The summed E-state index contributed by atoms with van der Waals surface area (Å²) in [6, 6.07) is 10.8. The molecule has 1 atom stereocenters. The van der Waals surface area contributed by atoms with Gasteiger partial charge in [-0.2, -0.15) is 4.31 Å². The quantitative estimate of drug-likeness (QED) is 0.602. The molecular formula is C23H25FN4O5S. The van der Waals surface area contributed by atoms with Crippen LogP contribution in [0.3, 0.4) is 0 Å². The van der Waals surface area contributed by atoms with Crippen molar-refractivity contribution in [3.05, 3.63) is 58.8 Å². The van der Waals surface area contributed by atoms with Gasteiger partial charge in [0.1, 0.15) is 5.82 Å². The molecular weight excluding hydrogens is 463 g/mol. The number of hydrogen-bond donors (Lipinski definition) is 1. The molecule has 11 heteroatoms. The van der Waals surface area contributed by atoms with E-state index < -0.39 is 21.7 Å². The van der Waals surface area contributed by atoms with Crippen molar-refractivity contribution in [2.24, 2.45) is 5.92 Å². The molecule has 2 aliphatic heterocycles. The zero-order valence-corrected chi connectivity index (χ0v) is 19.3. The van der Waals surface area contributed by atoms with Crippen LogP contribution in [-0.2, 0) is 14.8 Å². The largest absolute Gasteiger partial charge is 0.417 e. The van der Waals surface area contributed by atoms with Crippen molar-refractivity contribution in [2.45, 2.75) is 17.7 Å². The summed E-state index contributed by atoms with van der Waals surface area (Å²) in [6.07, 6.45) is 1.19. The number of carbonyl (C=O) groups excluding carboxylic acids is 1. The topological polar surface area (TPSA) is 107 Å². The van der Waals surface area contributed by atoms with Gasteiger partial charge in [-0.3, -0.25) is 9.78 Å². The fraction of sp³-hybridized carbons (Fsp3) is 0.391. The second-order valence-corrected chi connectivity index (χ2v) is 10.6. The molecule has 34 heavy (non-hydrogen) atoms. The molecule has 3 heterocycles.